The van der Waals surface area contributed by atoms with Gasteiger partial charge in [-0.1, -0.05) is 0 Å². The van der Waals surface area contributed by atoms with E-state index in [2.05, 4.69) is 9.97 Å². The topological polar surface area (TPSA) is 61.3 Å². The minimum Gasteiger partial charge on any atom is -0.497 e. The zero-order valence-corrected chi connectivity index (χ0v) is 11.0. The van der Waals surface area contributed by atoms with Gasteiger partial charge in [-0.15, -0.1) is 0 Å². The van der Waals surface area contributed by atoms with Gasteiger partial charge in [0.05, 0.1) is 19.9 Å². The first kappa shape index (κ1) is 13.0. The third-order valence-electron chi connectivity index (χ3n) is 2.65. The summed E-state index contributed by atoms with van der Waals surface area (Å²) in [5, 5.41) is 0. The molecule has 0 aliphatic rings. The first-order valence-electron chi connectivity index (χ1n) is 5.72. The maximum atomic E-state index is 11.3. The molecule has 1 heterocycles. The number of nitrogens with zero attached hydrogens (tertiary/aromatic N) is 2. The van der Waals surface area contributed by atoms with Crippen molar-refractivity contribution in [3.63, 3.8) is 0 Å². The van der Waals surface area contributed by atoms with E-state index in [1.54, 1.807) is 38.6 Å². The molecule has 0 unspecified atom stereocenters. The highest BCUT2D eigenvalue weighted by Crippen LogP contribution is 2.32. The standard InChI is InChI=1S/C14H14N2O3/c1-9(17)14-15-7-6-12(16-14)11-8-10(18-2)4-5-13(11)19-3/h4-8H,1-3H3. The maximum Gasteiger partial charge on any atom is 0.196 e. The van der Waals surface area contributed by atoms with E-state index in [1.807, 2.05) is 6.07 Å². The number of aromatic nitrogens is 2. The van der Waals surface area contributed by atoms with Gasteiger partial charge in [0.15, 0.2) is 11.6 Å². The summed E-state index contributed by atoms with van der Waals surface area (Å²) in [6, 6.07) is 7.13. The molecule has 0 aliphatic heterocycles. The number of hydrogen-bond acceptors (Lipinski definition) is 5. The van der Waals surface area contributed by atoms with Gasteiger partial charge in [-0.3, -0.25) is 4.79 Å². The Hall–Kier alpha value is -2.43. The van der Waals surface area contributed by atoms with Crippen molar-refractivity contribution >= 4 is 5.78 Å². The van der Waals surface area contributed by atoms with Crippen LogP contribution < -0.4 is 9.47 Å². The molecule has 0 N–H and O–H groups in total. The van der Waals surface area contributed by atoms with Crippen molar-refractivity contribution in [2.45, 2.75) is 6.92 Å². The maximum absolute atomic E-state index is 11.3. The van der Waals surface area contributed by atoms with Crippen LogP contribution in [0, 0.1) is 0 Å². The first-order chi connectivity index (χ1) is 9.15. The second-order valence-electron chi connectivity index (χ2n) is 3.89. The summed E-state index contributed by atoms with van der Waals surface area (Å²) in [5.74, 6) is 1.36. The number of methoxy groups -OCH3 is 2. The summed E-state index contributed by atoms with van der Waals surface area (Å²) in [4.78, 5) is 19.5. The quantitative estimate of drug-likeness (QED) is 0.788. The second kappa shape index (κ2) is 5.48. The molecule has 0 fully saturated rings. The molecule has 0 bridgehead atoms. The monoisotopic (exact) mass is 258 g/mol. The van der Waals surface area contributed by atoms with Crippen LogP contribution in [0.15, 0.2) is 30.5 Å². The molecule has 2 aromatic rings. The minimum atomic E-state index is -0.177. The average Bonchev–Trinajstić information content (AvgIpc) is 2.46. The third-order valence-corrected chi connectivity index (χ3v) is 2.65. The third kappa shape index (κ3) is 2.70. The molecule has 0 radical (unpaired) electrons. The van der Waals surface area contributed by atoms with Gasteiger partial charge in [-0.2, -0.15) is 0 Å². The zero-order chi connectivity index (χ0) is 13.8. The van der Waals surface area contributed by atoms with E-state index in [4.69, 9.17) is 9.47 Å². The second-order valence-corrected chi connectivity index (χ2v) is 3.89. The molecule has 5 nitrogen and oxygen atoms in total. The van der Waals surface area contributed by atoms with Gasteiger partial charge < -0.3 is 9.47 Å². The van der Waals surface area contributed by atoms with E-state index in [1.165, 1.54) is 6.92 Å². The van der Waals surface area contributed by atoms with Gasteiger partial charge in [0.1, 0.15) is 11.5 Å². The number of benzene rings is 1. The summed E-state index contributed by atoms with van der Waals surface area (Å²) in [7, 11) is 3.17. The molecule has 1 aromatic carbocycles. The SMILES string of the molecule is COc1ccc(OC)c(-c2ccnc(C(C)=O)n2)c1. The van der Waals surface area contributed by atoms with Crippen LogP contribution in [0.1, 0.15) is 17.5 Å². The van der Waals surface area contributed by atoms with Crippen molar-refractivity contribution < 1.29 is 14.3 Å². The summed E-state index contributed by atoms with van der Waals surface area (Å²) in [6.07, 6.45) is 1.55. The van der Waals surface area contributed by atoms with Gasteiger partial charge in [-0.05, 0) is 24.3 Å². The predicted octanol–water partition coefficient (Wildman–Crippen LogP) is 2.36. The van der Waals surface area contributed by atoms with Gasteiger partial charge in [-0.25, -0.2) is 9.97 Å². The first-order valence-corrected chi connectivity index (χ1v) is 5.72. The van der Waals surface area contributed by atoms with Crippen molar-refractivity contribution in [1.29, 1.82) is 0 Å². The van der Waals surface area contributed by atoms with Gasteiger partial charge in [0, 0.05) is 18.7 Å². The van der Waals surface area contributed by atoms with Crippen LogP contribution in [0.4, 0.5) is 0 Å². The van der Waals surface area contributed by atoms with Gasteiger partial charge >= 0.3 is 0 Å². The van der Waals surface area contributed by atoms with Crippen LogP contribution in [-0.2, 0) is 0 Å². The number of hydrogen-bond donors (Lipinski definition) is 0. The Morgan fingerprint density at radius 1 is 1.16 bits per heavy atom. The summed E-state index contributed by atoms with van der Waals surface area (Å²) >= 11 is 0. The molecule has 0 aliphatic carbocycles. The van der Waals surface area contributed by atoms with Crippen molar-refractivity contribution in [2.75, 3.05) is 14.2 Å². The lowest BCUT2D eigenvalue weighted by atomic mass is 10.1. The summed E-state index contributed by atoms with van der Waals surface area (Å²) in [6.45, 7) is 1.43. The lowest BCUT2D eigenvalue weighted by molar-refractivity contribution is 0.100. The van der Waals surface area contributed by atoms with E-state index in [0.29, 0.717) is 17.2 Å². The van der Waals surface area contributed by atoms with Crippen LogP contribution in [0.3, 0.4) is 0 Å². The molecule has 98 valence electrons. The van der Waals surface area contributed by atoms with E-state index in [-0.39, 0.29) is 11.6 Å². The average molecular weight is 258 g/mol. The molecule has 0 saturated heterocycles. The molecule has 1 aromatic heterocycles. The molecular weight excluding hydrogens is 244 g/mol. The normalized spacial score (nSPS) is 10.1. The molecule has 2 rings (SSSR count). The Morgan fingerprint density at radius 3 is 2.58 bits per heavy atom. The van der Waals surface area contributed by atoms with Crippen molar-refractivity contribution in [3.8, 4) is 22.8 Å². The highest BCUT2D eigenvalue weighted by Gasteiger charge is 2.11. The Balaban J connectivity index is 2.56. The number of ether oxygens (including phenoxy) is 2. The largest absolute Gasteiger partial charge is 0.497 e. The molecule has 5 heteroatoms. The van der Waals surface area contributed by atoms with E-state index in [9.17, 15) is 4.79 Å². The fourth-order valence-electron chi connectivity index (χ4n) is 1.69. The lowest BCUT2D eigenvalue weighted by Gasteiger charge is -2.10. The van der Waals surface area contributed by atoms with Gasteiger partial charge in [0.25, 0.3) is 0 Å². The molecule has 0 atom stereocenters. The zero-order valence-electron chi connectivity index (χ0n) is 11.0. The van der Waals surface area contributed by atoms with Crippen molar-refractivity contribution in [1.82, 2.24) is 9.97 Å². The molecule has 0 amide bonds. The smallest absolute Gasteiger partial charge is 0.196 e. The van der Waals surface area contributed by atoms with Crippen LogP contribution >= 0.6 is 0 Å². The summed E-state index contributed by atoms with van der Waals surface area (Å²) < 4.78 is 10.5. The lowest BCUT2D eigenvalue weighted by Crippen LogP contribution is -2.02. The predicted molar refractivity (Wildman–Crippen MR) is 70.6 cm³/mol. The number of carbonyl (C=O) groups excluding carboxylic acids is 1. The van der Waals surface area contributed by atoms with E-state index >= 15 is 0 Å². The molecule has 19 heavy (non-hydrogen) atoms. The number of rotatable bonds is 4. The molecule has 0 spiro atoms. The molecule has 0 saturated carbocycles. The minimum absolute atomic E-state index is 0.177. The highest BCUT2D eigenvalue weighted by molar-refractivity contribution is 5.90. The Labute approximate surface area is 111 Å². The fraction of sp³-hybridized carbons (Fsp3) is 0.214. The van der Waals surface area contributed by atoms with E-state index in [0.717, 1.165) is 5.56 Å². The summed E-state index contributed by atoms with van der Waals surface area (Å²) in [5.41, 5.74) is 1.38. The van der Waals surface area contributed by atoms with Gasteiger partial charge in [0.2, 0.25) is 0 Å². The van der Waals surface area contributed by atoms with Crippen LogP contribution in [-0.4, -0.2) is 30.0 Å². The Morgan fingerprint density at radius 2 is 1.95 bits per heavy atom. The Bertz CT molecular complexity index is 611. The Kier molecular flexibility index (Phi) is 3.75. The van der Waals surface area contributed by atoms with Crippen molar-refractivity contribution in [2.24, 2.45) is 0 Å². The van der Waals surface area contributed by atoms with Crippen LogP contribution in [0.2, 0.25) is 0 Å². The van der Waals surface area contributed by atoms with Crippen LogP contribution in [0.25, 0.3) is 11.3 Å². The van der Waals surface area contributed by atoms with Crippen molar-refractivity contribution in [3.05, 3.63) is 36.3 Å². The fourth-order valence-corrected chi connectivity index (χ4v) is 1.69. The van der Waals surface area contributed by atoms with Crippen LogP contribution in [0.5, 0.6) is 11.5 Å². The highest BCUT2D eigenvalue weighted by atomic mass is 16.5. The number of Topliss-reactive ketones (excluding diaryl/α,β-unsaturated/α-hetero) is 1. The molecular formula is C14H14N2O3. The van der Waals surface area contributed by atoms with E-state index < -0.39 is 0 Å². The number of ketones is 1. The number of carbonyl (C=O) groups is 1.